The molecule has 0 fully saturated rings. The van der Waals surface area contributed by atoms with Crippen LogP contribution in [0.4, 0.5) is 0 Å². The van der Waals surface area contributed by atoms with E-state index in [2.05, 4.69) is 10.1 Å². The molecule has 0 spiro atoms. The second-order valence-corrected chi connectivity index (χ2v) is 8.11. The maximum absolute atomic E-state index is 12.9. The summed E-state index contributed by atoms with van der Waals surface area (Å²) >= 11 is 0. The predicted octanol–water partition coefficient (Wildman–Crippen LogP) is 3.81. The van der Waals surface area contributed by atoms with E-state index in [-0.39, 0.29) is 16.7 Å². The average Bonchev–Trinajstić information content (AvgIpc) is 3.32. The average molecular weight is 379 g/mol. The van der Waals surface area contributed by atoms with E-state index in [0.717, 1.165) is 16.8 Å². The molecule has 4 aromatic rings. The Morgan fingerprint density at radius 3 is 2.63 bits per heavy atom. The lowest BCUT2D eigenvalue weighted by atomic mass is 10.1. The molecule has 0 amide bonds. The van der Waals surface area contributed by atoms with E-state index in [0.29, 0.717) is 5.69 Å². The molecular weight excluding hydrogens is 362 g/mol. The van der Waals surface area contributed by atoms with Crippen molar-refractivity contribution in [1.82, 2.24) is 14.7 Å². The number of aryl methyl sites for hydroxylation is 1. The monoisotopic (exact) mass is 379 g/mol. The molecule has 2 aromatic heterocycles. The predicted molar refractivity (Wildman–Crippen MR) is 101 cm³/mol. The van der Waals surface area contributed by atoms with E-state index in [9.17, 15) is 8.42 Å². The van der Waals surface area contributed by atoms with Gasteiger partial charge >= 0.3 is 0 Å². The third-order valence-electron chi connectivity index (χ3n) is 4.13. The fraction of sp³-hybridized carbons (Fsp3) is 0.100. The summed E-state index contributed by atoms with van der Waals surface area (Å²) in [6.07, 6.45) is 3.11. The zero-order valence-electron chi connectivity index (χ0n) is 14.6. The molecule has 27 heavy (non-hydrogen) atoms. The number of nitrogens with zero attached hydrogens (tertiary/aromatic N) is 3. The van der Waals surface area contributed by atoms with Crippen molar-refractivity contribution in [2.75, 3.05) is 0 Å². The molecule has 136 valence electrons. The molecule has 0 radical (unpaired) electrons. The van der Waals surface area contributed by atoms with Crippen molar-refractivity contribution < 1.29 is 12.9 Å². The number of hydrogen-bond acceptors (Lipinski definition) is 5. The van der Waals surface area contributed by atoms with Crippen LogP contribution in [0.3, 0.4) is 0 Å². The fourth-order valence-corrected chi connectivity index (χ4v) is 4.20. The lowest BCUT2D eigenvalue weighted by Crippen LogP contribution is -2.11. The maximum atomic E-state index is 12.9. The molecular formula is C20H17N3O3S. The van der Waals surface area contributed by atoms with Crippen LogP contribution < -0.4 is 0 Å². The van der Waals surface area contributed by atoms with Crippen LogP contribution in [0.5, 0.6) is 0 Å². The van der Waals surface area contributed by atoms with E-state index in [1.54, 1.807) is 16.8 Å². The van der Waals surface area contributed by atoms with E-state index in [1.807, 2.05) is 61.5 Å². The van der Waals surface area contributed by atoms with Crippen molar-refractivity contribution in [3.8, 4) is 16.9 Å². The molecule has 4 rings (SSSR count). The van der Waals surface area contributed by atoms with E-state index >= 15 is 0 Å². The highest BCUT2D eigenvalue weighted by Crippen LogP contribution is 2.23. The Bertz CT molecular complexity index is 1180. The smallest absolute Gasteiger partial charge is 0.232 e. The van der Waals surface area contributed by atoms with Crippen LogP contribution in [-0.4, -0.2) is 23.1 Å². The Balaban J connectivity index is 1.64. The first-order chi connectivity index (χ1) is 13.0. The lowest BCUT2D eigenvalue weighted by Gasteiger charge is -2.08. The van der Waals surface area contributed by atoms with Crippen molar-refractivity contribution in [2.24, 2.45) is 0 Å². The van der Waals surface area contributed by atoms with Gasteiger partial charge in [0.25, 0.3) is 0 Å². The first-order valence-corrected chi connectivity index (χ1v) is 10.0. The molecule has 0 saturated heterocycles. The zero-order chi connectivity index (χ0) is 18.9. The van der Waals surface area contributed by atoms with Crippen LogP contribution in [0.15, 0.2) is 82.7 Å². The van der Waals surface area contributed by atoms with Crippen molar-refractivity contribution in [2.45, 2.75) is 17.8 Å². The Morgan fingerprint density at radius 2 is 1.85 bits per heavy atom. The van der Waals surface area contributed by atoms with Gasteiger partial charge in [0.15, 0.2) is 5.76 Å². The van der Waals surface area contributed by atoms with Crippen LogP contribution in [0.2, 0.25) is 0 Å². The summed E-state index contributed by atoms with van der Waals surface area (Å²) in [7, 11) is -3.71. The van der Waals surface area contributed by atoms with Gasteiger partial charge in [-0.25, -0.2) is 13.4 Å². The highest BCUT2D eigenvalue weighted by Gasteiger charge is 2.24. The van der Waals surface area contributed by atoms with Crippen molar-refractivity contribution >= 4 is 9.84 Å². The van der Waals surface area contributed by atoms with Gasteiger partial charge in [-0.1, -0.05) is 47.6 Å². The van der Waals surface area contributed by atoms with Crippen LogP contribution in [0, 0.1) is 6.92 Å². The van der Waals surface area contributed by atoms with Crippen LogP contribution in [-0.2, 0) is 15.6 Å². The fourth-order valence-electron chi connectivity index (χ4n) is 2.87. The van der Waals surface area contributed by atoms with Gasteiger partial charge in [0, 0.05) is 29.7 Å². The second-order valence-electron chi connectivity index (χ2n) is 6.22. The lowest BCUT2D eigenvalue weighted by molar-refractivity contribution is 0.394. The van der Waals surface area contributed by atoms with Crippen LogP contribution in [0.25, 0.3) is 16.9 Å². The molecule has 2 aromatic carbocycles. The summed E-state index contributed by atoms with van der Waals surface area (Å²) in [5, 5.41) is 3.96. The Kier molecular flexibility index (Phi) is 4.37. The Labute approximate surface area is 157 Å². The number of sulfone groups is 1. The van der Waals surface area contributed by atoms with E-state index in [4.69, 9.17) is 4.52 Å². The Morgan fingerprint density at radius 1 is 1.04 bits per heavy atom. The first-order valence-electron chi connectivity index (χ1n) is 8.37. The van der Waals surface area contributed by atoms with Gasteiger partial charge < -0.3 is 4.52 Å². The quantitative estimate of drug-likeness (QED) is 0.527. The molecule has 0 aliphatic heterocycles. The summed E-state index contributed by atoms with van der Waals surface area (Å²) in [5.41, 5.74) is 3.25. The summed E-state index contributed by atoms with van der Waals surface area (Å²) in [6.45, 7) is 1.95. The number of benzene rings is 2. The second kappa shape index (κ2) is 6.85. The summed E-state index contributed by atoms with van der Waals surface area (Å²) in [6, 6.07) is 18.7. The summed E-state index contributed by atoms with van der Waals surface area (Å²) in [4.78, 5) is 4.07. The van der Waals surface area contributed by atoms with Crippen molar-refractivity contribution in [3.05, 3.63) is 84.4 Å². The molecule has 0 aliphatic carbocycles. The third kappa shape index (κ3) is 3.54. The van der Waals surface area contributed by atoms with Gasteiger partial charge in [-0.2, -0.15) is 0 Å². The van der Waals surface area contributed by atoms with Gasteiger partial charge in [-0.3, -0.25) is 4.57 Å². The molecule has 6 nitrogen and oxygen atoms in total. The number of imidazole rings is 1. The van der Waals surface area contributed by atoms with Gasteiger partial charge in [0.2, 0.25) is 15.0 Å². The van der Waals surface area contributed by atoms with Gasteiger partial charge in [0.05, 0.1) is 0 Å². The van der Waals surface area contributed by atoms with Crippen molar-refractivity contribution in [1.29, 1.82) is 0 Å². The minimum atomic E-state index is -3.71. The number of aromatic nitrogens is 3. The summed E-state index contributed by atoms with van der Waals surface area (Å²) in [5.74, 6) is -0.0389. The van der Waals surface area contributed by atoms with Gasteiger partial charge in [0.1, 0.15) is 11.4 Å². The standard InChI is InChI=1S/C20H17N3O3S/c1-15-6-5-9-17(12-15)23-11-10-21-20(23)27(24,25)14-18-13-19(22-26-18)16-7-3-2-4-8-16/h2-13H,14H2,1H3. The SMILES string of the molecule is Cc1cccc(-n2ccnc2S(=O)(=O)Cc2cc(-c3ccccc3)no2)c1. The maximum Gasteiger partial charge on any atom is 0.232 e. The van der Waals surface area contributed by atoms with Gasteiger partial charge in [-0.15, -0.1) is 0 Å². The minimum absolute atomic E-state index is 0.0224. The van der Waals surface area contributed by atoms with Crippen LogP contribution >= 0.6 is 0 Å². The molecule has 7 heteroatoms. The molecule has 0 atom stereocenters. The number of hydrogen-bond donors (Lipinski definition) is 0. The minimum Gasteiger partial charge on any atom is -0.360 e. The molecule has 0 aliphatic rings. The molecule has 0 N–H and O–H groups in total. The molecule has 0 bridgehead atoms. The number of rotatable bonds is 5. The van der Waals surface area contributed by atoms with Crippen molar-refractivity contribution in [3.63, 3.8) is 0 Å². The molecule has 0 saturated carbocycles. The normalized spacial score (nSPS) is 11.6. The van der Waals surface area contributed by atoms with Gasteiger partial charge in [-0.05, 0) is 24.6 Å². The highest BCUT2D eigenvalue weighted by molar-refractivity contribution is 7.90. The first kappa shape index (κ1) is 17.2. The zero-order valence-corrected chi connectivity index (χ0v) is 15.4. The Hall–Kier alpha value is -3.19. The third-order valence-corrected chi connectivity index (χ3v) is 5.65. The molecule has 0 unspecified atom stereocenters. The van der Waals surface area contributed by atoms with E-state index < -0.39 is 9.84 Å². The largest absolute Gasteiger partial charge is 0.360 e. The molecule has 2 heterocycles. The van der Waals surface area contributed by atoms with Crippen LogP contribution in [0.1, 0.15) is 11.3 Å². The highest BCUT2D eigenvalue weighted by atomic mass is 32.2. The summed E-state index contributed by atoms with van der Waals surface area (Å²) < 4.78 is 32.7. The van der Waals surface area contributed by atoms with E-state index in [1.165, 1.54) is 6.20 Å². The topological polar surface area (TPSA) is 78.0 Å².